The number of carboxylic acid groups (broad SMARTS) is 2. The van der Waals surface area contributed by atoms with Crippen molar-refractivity contribution in [1.29, 1.82) is 0 Å². The van der Waals surface area contributed by atoms with Crippen LogP contribution in [0.3, 0.4) is 0 Å². The first kappa shape index (κ1) is 34.2. The van der Waals surface area contributed by atoms with Crippen LogP contribution in [0, 0.1) is 11.8 Å². The normalized spacial score (nSPS) is 16.1. The van der Waals surface area contributed by atoms with E-state index in [1.54, 1.807) is 36.9 Å². The van der Waals surface area contributed by atoms with Crippen molar-refractivity contribution in [3.05, 3.63) is 131 Å². The summed E-state index contributed by atoms with van der Waals surface area (Å²) in [6.45, 7) is 1.03. The van der Waals surface area contributed by atoms with Gasteiger partial charge in [-0.1, -0.05) is 24.3 Å². The van der Waals surface area contributed by atoms with Crippen LogP contribution in [0.15, 0.2) is 97.6 Å². The molecular formula is C40H38N6O6. The van der Waals surface area contributed by atoms with Gasteiger partial charge in [-0.05, 0) is 121 Å². The van der Waals surface area contributed by atoms with E-state index in [-0.39, 0.29) is 5.92 Å². The summed E-state index contributed by atoms with van der Waals surface area (Å²) in [6, 6.07) is 22.9. The molecule has 2 aliphatic rings. The highest BCUT2D eigenvalue weighted by atomic mass is 16.5. The first-order valence-corrected chi connectivity index (χ1v) is 17.2. The third kappa shape index (κ3) is 8.35. The molecule has 52 heavy (non-hydrogen) atoms. The number of aromatic amines is 2. The maximum absolute atomic E-state index is 11.2. The zero-order valence-corrected chi connectivity index (χ0v) is 28.4. The van der Waals surface area contributed by atoms with Crippen LogP contribution in [0.25, 0.3) is 22.8 Å². The average molecular weight is 699 g/mol. The number of aliphatic carboxylic acids is 1. The fourth-order valence-electron chi connectivity index (χ4n) is 6.65. The molecule has 4 heterocycles. The van der Waals surface area contributed by atoms with Crippen molar-refractivity contribution in [3.63, 3.8) is 0 Å². The monoisotopic (exact) mass is 698 g/mol. The van der Waals surface area contributed by atoms with Gasteiger partial charge in [-0.15, -0.1) is 0 Å². The molecule has 0 aliphatic heterocycles. The SMILES string of the molecule is O=C(O)C1CCc2ccc(COc3ccc(-c4ccn[nH]4)nc3)cc2C1.O=C(O)c1ccc2c(c1)CC(COc1ccc(-c3ccn[nH]3)nc1)CC2. The van der Waals surface area contributed by atoms with Crippen LogP contribution in [-0.2, 0) is 37.1 Å². The lowest BCUT2D eigenvalue weighted by atomic mass is 9.83. The summed E-state index contributed by atoms with van der Waals surface area (Å²) in [6.07, 6.45) is 11.8. The molecule has 8 rings (SSSR count). The summed E-state index contributed by atoms with van der Waals surface area (Å²) in [4.78, 5) is 31.2. The van der Waals surface area contributed by atoms with Gasteiger partial charge in [0.15, 0.2) is 0 Å². The number of hydrogen-bond acceptors (Lipinski definition) is 8. The van der Waals surface area contributed by atoms with Crippen LogP contribution in [0.5, 0.6) is 11.5 Å². The van der Waals surface area contributed by atoms with Gasteiger partial charge in [0, 0.05) is 12.4 Å². The molecule has 0 fully saturated rings. The smallest absolute Gasteiger partial charge is 0.335 e. The van der Waals surface area contributed by atoms with Crippen LogP contribution in [-0.4, -0.2) is 59.1 Å². The van der Waals surface area contributed by atoms with Crippen LogP contribution in [0.2, 0.25) is 0 Å². The van der Waals surface area contributed by atoms with Crippen LogP contribution >= 0.6 is 0 Å². The number of aromatic carboxylic acids is 1. The number of fused-ring (bicyclic) bond motifs is 2. The fraction of sp³-hybridized carbons (Fsp3) is 0.250. The lowest BCUT2D eigenvalue weighted by Gasteiger charge is -2.25. The van der Waals surface area contributed by atoms with Crippen molar-refractivity contribution in [2.45, 2.75) is 45.1 Å². The summed E-state index contributed by atoms with van der Waals surface area (Å²) < 4.78 is 11.7. The molecule has 0 saturated heterocycles. The van der Waals surface area contributed by atoms with Crippen LogP contribution in [0.1, 0.15) is 51.0 Å². The molecule has 12 nitrogen and oxygen atoms in total. The molecular weight excluding hydrogens is 660 g/mol. The number of carbonyl (C=O) groups is 2. The number of aromatic nitrogens is 6. The highest BCUT2D eigenvalue weighted by Crippen LogP contribution is 2.29. The molecule has 0 radical (unpaired) electrons. The van der Waals surface area contributed by atoms with Crippen molar-refractivity contribution in [3.8, 4) is 34.3 Å². The minimum absolute atomic E-state index is 0.280. The Morgan fingerprint density at radius 1 is 0.692 bits per heavy atom. The number of ether oxygens (including phenoxy) is 2. The van der Waals surface area contributed by atoms with Crippen molar-refractivity contribution in [1.82, 2.24) is 30.4 Å². The van der Waals surface area contributed by atoms with Crippen molar-refractivity contribution in [2.24, 2.45) is 11.8 Å². The van der Waals surface area contributed by atoms with E-state index in [0.717, 1.165) is 70.9 Å². The van der Waals surface area contributed by atoms with Crippen molar-refractivity contribution < 1.29 is 29.3 Å². The Hall–Kier alpha value is -6.30. The number of nitrogens with zero attached hydrogens (tertiary/aromatic N) is 4. The Morgan fingerprint density at radius 3 is 1.92 bits per heavy atom. The topological polar surface area (TPSA) is 176 Å². The molecule has 4 aromatic heterocycles. The molecule has 0 saturated carbocycles. The summed E-state index contributed by atoms with van der Waals surface area (Å²) in [7, 11) is 0. The second-order valence-corrected chi connectivity index (χ2v) is 13.1. The Morgan fingerprint density at radius 2 is 1.33 bits per heavy atom. The molecule has 0 bridgehead atoms. The Bertz CT molecular complexity index is 2120. The fourth-order valence-corrected chi connectivity index (χ4v) is 6.65. The van der Waals surface area contributed by atoms with Gasteiger partial charge in [0.2, 0.25) is 0 Å². The average Bonchev–Trinajstić information content (AvgIpc) is 3.93. The highest BCUT2D eigenvalue weighted by Gasteiger charge is 2.24. The summed E-state index contributed by atoms with van der Waals surface area (Å²) >= 11 is 0. The zero-order chi connectivity index (χ0) is 35.9. The van der Waals surface area contributed by atoms with Gasteiger partial charge < -0.3 is 19.7 Å². The van der Waals surface area contributed by atoms with Gasteiger partial charge in [0.05, 0.1) is 53.3 Å². The van der Waals surface area contributed by atoms with Crippen LogP contribution in [0.4, 0.5) is 0 Å². The third-order valence-electron chi connectivity index (χ3n) is 9.55. The van der Waals surface area contributed by atoms with E-state index in [4.69, 9.17) is 14.6 Å². The molecule has 0 spiro atoms. The Balaban J connectivity index is 0.000000162. The molecule has 0 amide bonds. The van der Waals surface area contributed by atoms with Gasteiger partial charge in [-0.3, -0.25) is 25.0 Å². The molecule has 12 heteroatoms. The predicted molar refractivity (Wildman–Crippen MR) is 192 cm³/mol. The van der Waals surface area contributed by atoms with Crippen molar-refractivity contribution in [2.75, 3.05) is 6.61 Å². The number of H-pyrrole nitrogens is 2. The van der Waals surface area contributed by atoms with E-state index in [1.807, 2.05) is 48.5 Å². The second-order valence-electron chi connectivity index (χ2n) is 13.1. The van der Waals surface area contributed by atoms with E-state index in [9.17, 15) is 14.7 Å². The Kier molecular flexibility index (Phi) is 10.3. The van der Waals surface area contributed by atoms with Gasteiger partial charge in [0.25, 0.3) is 0 Å². The number of nitrogens with one attached hydrogen (secondary N) is 2. The van der Waals surface area contributed by atoms with Gasteiger partial charge in [0.1, 0.15) is 18.1 Å². The first-order valence-electron chi connectivity index (χ1n) is 17.2. The molecule has 2 atom stereocenters. The number of benzene rings is 2. The Labute approximate surface area is 299 Å². The van der Waals surface area contributed by atoms with E-state index in [2.05, 4.69) is 42.5 Å². The molecule has 264 valence electrons. The first-order chi connectivity index (χ1) is 25.4. The van der Waals surface area contributed by atoms with Crippen molar-refractivity contribution >= 4 is 11.9 Å². The second kappa shape index (κ2) is 15.7. The maximum atomic E-state index is 11.2. The lowest BCUT2D eigenvalue weighted by Crippen LogP contribution is -2.22. The minimum Gasteiger partial charge on any atom is -0.492 e. The molecule has 4 N–H and O–H groups in total. The molecule has 2 unspecified atom stereocenters. The third-order valence-corrected chi connectivity index (χ3v) is 9.55. The quantitative estimate of drug-likeness (QED) is 0.122. The lowest BCUT2D eigenvalue weighted by molar-refractivity contribution is -0.142. The van der Waals surface area contributed by atoms with Crippen LogP contribution < -0.4 is 9.47 Å². The number of aryl methyl sites for hydroxylation is 2. The summed E-state index contributed by atoms with van der Waals surface area (Å²) in [5.41, 5.74) is 9.49. The maximum Gasteiger partial charge on any atom is 0.335 e. The van der Waals surface area contributed by atoms with Gasteiger partial charge in [-0.25, -0.2) is 4.79 Å². The molecule has 2 aromatic carbocycles. The number of pyridine rings is 2. The molecule has 2 aliphatic carbocycles. The standard InChI is InChI=1S/2C20H19N3O3/c2*24-20(25)15-4-3-14-2-1-13(9-16(14)10-15)12-26-17-5-6-18(21-11-17)19-7-8-22-23-19/h3-8,10-11,13H,1-2,9,12H2,(H,22,23)(H,24,25);1-2,5-9,11,15H,3-4,10,12H2,(H,22,23)(H,24,25). The van der Waals surface area contributed by atoms with E-state index in [1.165, 1.54) is 11.1 Å². The zero-order valence-electron chi connectivity index (χ0n) is 28.4. The molecule has 6 aromatic rings. The number of hydrogen-bond donors (Lipinski definition) is 4. The van der Waals surface area contributed by atoms with E-state index >= 15 is 0 Å². The largest absolute Gasteiger partial charge is 0.492 e. The summed E-state index contributed by atoms with van der Waals surface area (Å²) in [5, 5.41) is 32.0. The van der Waals surface area contributed by atoms with E-state index in [0.29, 0.717) is 43.3 Å². The minimum atomic E-state index is -0.880. The number of carboxylic acids is 2. The predicted octanol–water partition coefficient (Wildman–Crippen LogP) is 6.59. The van der Waals surface area contributed by atoms with Gasteiger partial charge in [-0.2, -0.15) is 10.2 Å². The summed E-state index contributed by atoms with van der Waals surface area (Å²) in [5.74, 6) is -0.0696. The highest BCUT2D eigenvalue weighted by molar-refractivity contribution is 5.88. The van der Waals surface area contributed by atoms with Gasteiger partial charge >= 0.3 is 11.9 Å². The number of rotatable bonds is 10. The van der Waals surface area contributed by atoms with E-state index < -0.39 is 11.9 Å².